The number of benzene rings is 2. The molecule has 1 saturated heterocycles. The summed E-state index contributed by atoms with van der Waals surface area (Å²) >= 11 is 3.54. The molecule has 28 heavy (non-hydrogen) atoms. The molecule has 1 aliphatic rings. The first-order chi connectivity index (χ1) is 13.7. The lowest BCUT2D eigenvalue weighted by atomic mass is 10.1. The number of hydrogen-bond acceptors (Lipinski definition) is 2. The third-order valence-electron chi connectivity index (χ3n) is 4.93. The highest BCUT2D eigenvalue weighted by atomic mass is 79.9. The lowest BCUT2D eigenvalue weighted by Crippen LogP contribution is -2.34. The largest absolute Gasteiger partial charge is 0.339 e. The first kappa shape index (κ1) is 18.7. The quantitative estimate of drug-likeness (QED) is 0.519. The number of aromatic nitrogens is 2. The van der Waals surface area contributed by atoms with Gasteiger partial charge in [0.2, 0.25) is 5.91 Å². The number of carbonyl (C=O) groups is 1. The summed E-state index contributed by atoms with van der Waals surface area (Å²) in [7, 11) is 0. The van der Waals surface area contributed by atoms with Crippen LogP contribution >= 0.6 is 15.9 Å². The van der Waals surface area contributed by atoms with Crippen molar-refractivity contribution in [3.8, 4) is 16.9 Å². The molecule has 1 aliphatic heterocycles. The van der Waals surface area contributed by atoms with E-state index < -0.39 is 0 Å². The van der Waals surface area contributed by atoms with Gasteiger partial charge in [0.05, 0.1) is 11.4 Å². The molecule has 142 valence electrons. The predicted molar refractivity (Wildman–Crippen MR) is 116 cm³/mol. The second-order valence-electron chi connectivity index (χ2n) is 6.94. The summed E-state index contributed by atoms with van der Waals surface area (Å²) < 4.78 is 2.86. The molecule has 2 aromatic carbocycles. The number of piperidine rings is 1. The Labute approximate surface area is 173 Å². The van der Waals surface area contributed by atoms with Gasteiger partial charge < -0.3 is 4.90 Å². The van der Waals surface area contributed by atoms with Crippen LogP contribution in [0.1, 0.15) is 24.8 Å². The van der Waals surface area contributed by atoms with Gasteiger partial charge in [-0.3, -0.25) is 4.79 Å². The lowest BCUT2D eigenvalue weighted by molar-refractivity contribution is -0.126. The van der Waals surface area contributed by atoms with Crippen molar-refractivity contribution in [1.82, 2.24) is 14.7 Å². The van der Waals surface area contributed by atoms with E-state index in [1.807, 2.05) is 76.5 Å². The molecule has 1 fully saturated rings. The molecule has 0 unspecified atom stereocenters. The summed E-state index contributed by atoms with van der Waals surface area (Å²) in [5, 5.41) is 4.80. The van der Waals surface area contributed by atoms with Crippen LogP contribution in [0.3, 0.4) is 0 Å². The van der Waals surface area contributed by atoms with Gasteiger partial charge in [0.1, 0.15) is 0 Å². The minimum atomic E-state index is 0.0763. The van der Waals surface area contributed by atoms with E-state index >= 15 is 0 Å². The molecule has 4 nitrogen and oxygen atoms in total. The zero-order valence-electron chi connectivity index (χ0n) is 15.6. The molecule has 1 amide bonds. The van der Waals surface area contributed by atoms with Gasteiger partial charge >= 0.3 is 0 Å². The van der Waals surface area contributed by atoms with Crippen molar-refractivity contribution >= 4 is 27.9 Å². The Balaban J connectivity index is 1.69. The van der Waals surface area contributed by atoms with Crippen molar-refractivity contribution < 1.29 is 4.79 Å². The molecule has 0 atom stereocenters. The van der Waals surface area contributed by atoms with Gasteiger partial charge in [0.25, 0.3) is 0 Å². The fraction of sp³-hybridized carbons (Fsp3) is 0.217. The molecule has 3 aromatic rings. The van der Waals surface area contributed by atoms with Crippen molar-refractivity contribution in [3.63, 3.8) is 0 Å². The number of para-hydroxylation sites is 1. The Morgan fingerprint density at radius 1 is 1.00 bits per heavy atom. The van der Waals surface area contributed by atoms with Gasteiger partial charge in [0, 0.05) is 41.0 Å². The van der Waals surface area contributed by atoms with E-state index in [0.29, 0.717) is 0 Å². The van der Waals surface area contributed by atoms with Crippen molar-refractivity contribution in [1.29, 1.82) is 0 Å². The van der Waals surface area contributed by atoms with Crippen LogP contribution in [0.15, 0.2) is 71.3 Å². The van der Waals surface area contributed by atoms with E-state index in [9.17, 15) is 4.79 Å². The van der Waals surface area contributed by atoms with Crippen LogP contribution in [0, 0.1) is 0 Å². The lowest BCUT2D eigenvalue weighted by Gasteiger charge is -2.25. The van der Waals surface area contributed by atoms with Crippen LogP contribution in [0.4, 0.5) is 0 Å². The number of nitrogens with zero attached hydrogens (tertiary/aromatic N) is 3. The highest BCUT2D eigenvalue weighted by Gasteiger charge is 2.15. The van der Waals surface area contributed by atoms with Gasteiger partial charge in [-0.1, -0.05) is 46.3 Å². The summed E-state index contributed by atoms with van der Waals surface area (Å²) in [6, 6.07) is 18.1. The van der Waals surface area contributed by atoms with E-state index in [-0.39, 0.29) is 5.91 Å². The van der Waals surface area contributed by atoms with E-state index in [2.05, 4.69) is 15.9 Å². The van der Waals surface area contributed by atoms with E-state index in [0.717, 1.165) is 52.9 Å². The van der Waals surface area contributed by atoms with Crippen molar-refractivity contribution in [2.24, 2.45) is 0 Å². The smallest absolute Gasteiger partial charge is 0.246 e. The molecular formula is C23H22BrN3O. The second kappa shape index (κ2) is 8.57. The van der Waals surface area contributed by atoms with Gasteiger partial charge in [-0.05, 0) is 49.6 Å². The Morgan fingerprint density at radius 3 is 2.54 bits per heavy atom. The molecule has 0 radical (unpaired) electrons. The molecule has 0 bridgehead atoms. The van der Waals surface area contributed by atoms with E-state index in [1.54, 1.807) is 6.08 Å². The maximum Gasteiger partial charge on any atom is 0.246 e. The van der Waals surface area contributed by atoms with Crippen LogP contribution in [0.2, 0.25) is 0 Å². The fourth-order valence-electron chi connectivity index (χ4n) is 3.46. The maximum absolute atomic E-state index is 12.6. The molecule has 1 aromatic heterocycles. The zero-order valence-corrected chi connectivity index (χ0v) is 17.2. The van der Waals surface area contributed by atoms with Crippen LogP contribution in [0.25, 0.3) is 23.0 Å². The fourth-order valence-corrected chi connectivity index (χ4v) is 3.86. The minimum absolute atomic E-state index is 0.0763. The van der Waals surface area contributed by atoms with Gasteiger partial charge in [-0.25, -0.2) is 4.68 Å². The zero-order chi connectivity index (χ0) is 19.3. The molecular weight excluding hydrogens is 414 g/mol. The Bertz CT molecular complexity index is 988. The Morgan fingerprint density at radius 2 is 1.79 bits per heavy atom. The molecule has 0 spiro atoms. The number of carbonyl (C=O) groups excluding carboxylic acids is 1. The Kier molecular flexibility index (Phi) is 5.72. The first-order valence-electron chi connectivity index (χ1n) is 9.59. The van der Waals surface area contributed by atoms with Crippen LogP contribution in [-0.4, -0.2) is 33.7 Å². The van der Waals surface area contributed by atoms with Gasteiger partial charge in [-0.2, -0.15) is 5.10 Å². The molecule has 4 rings (SSSR count). The van der Waals surface area contributed by atoms with Crippen molar-refractivity contribution in [2.45, 2.75) is 19.3 Å². The van der Waals surface area contributed by atoms with Crippen molar-refractivity contribution in [3.05, 3.63) is 76.9 Å². The normalized spacial score (nSPS) is 14.5. The van der Waals surface area contributed by atoms with Crippen LogP contribution < -0.4 is 0 Å². The number of likely N-dealkylation sites (tertiary alicyclic amines) is 1. The first-order valence-corrected chi connectivity index (χ1v) is 10.4. The highest BCUT2D eigenvalue weighted by molar-refractivity contribution is 9.10. The third-order valence-corrected chi connectivity index (χ3v) is 5.43. The molecule has 5 heteroatoms. The van der Waals surface area contributed by atoms with E-state index in [1.165, 1.54) is 6.42 Å². The number of amides is 1. The average molecular weight is 436 g/mol. The summed E-state index contributed by atoms with van der Waals surface area (Å²) in [6.07, 6.45) is 8.94. The van der Waals surface area contributed by atoms with Crippen LogP contribution in [-0.2, 0) is 4.79 Å². The third kappa shape index (κ3) is 4.25. The summed E-state index contributed by atoms with van der Waals surface area (Å²) in [5.74, 6) is 0.0763. The van der Waals surface area contributed by atoms with Gasteiger partial charge in [0.15, 0.2) is 0 Å². The number of hydrogen-bond donors (Lipinski definition) is 0. The highest BCUT2D eigenvalue weighted by Crippen LogP contribution is 2.27. The number of rotatable bonds is 4. The topological polar surface area (TPSA) is 38.1 Å². The summed E-state index contributed by atoms with van der Waals surface area (Å²) in [6.45, 7) is 1.70. The average Bonchev–Trinajstić information content (AvgIpc) is 3.18. The molecule has 0 aliphatic carbocycles. The second-order valence-corrected chi connectivity index (χ2v) is 7.86. The summed E-state index contributed by atoms with van der Waals surface area (Å²) in [5.41, 5.74) is 3.77. The summed E-state index contributed by atoms with van der Waals surface area (Å²) in [4.78, 5) is 14.5. The minimum Gasteiger partial charge on any atom is -0.339 e. The monoisotopic (exact) mass is 435 g/mol. The van der Waals surface area contributed by atoms with Gasteiger partial charge in [-0.15, -0.1) is 0 Å². The molecule has 0 N–H and O–H groups in total. The molecule has 0 saturated carbocycles. The standard InChI is InChI=1S/C23H22BrN3O/c24-20-9-7-8-18(16-20)23-19(12-13-22(28)26-14-5-2-6-15-26)17-27(25-23)21-10-3-1-4-11-21/h1,3-4,7-13,16-17H,2,5-6,14-15H2. The predicted octanol–water partition coefficient (Wildman–Crippen LogP) is 5.33. The van der Waals surface area contributed by atoms with E-state index in [4.69, 9.17) is 5.10 Å². The van der Waals surface area contributed by atoms with Crippen molar-refractivity contribution in [2.75, 3.05) is 13.1 Å². The molecule has 2 heterocycles. The SMILES string of the molecule is O=C(C=Cc1cn(-c2ccccc2)nc1-c1cccc(Br)c1)N1CCCCC1. The number of halogens is 1. The van der Waals surface area contributed by atoms with Crippen LogP contribution in [0.5, 0.6) is 0 Å². The Hall–Kier alpha value is -2.66. The maximum atomic E-state index is 12.6.